The molecule has 0 N–H and O–H groups in total. The second-order valence-corrected chi connectivity index (χ2v) is 15.2. The molecule has 2 heterocycles. The lowest BCUT2D eigenvalue weighted by molar-refractivity contribution is -0.238. The maximum absolute atomic E-state index is 6.48. The molecule has 0 spiro atoms. The van der Waals surface area contributed by atoms with Gasteiger partial charge >= 0.3 is 0 Å². The van der Waals surface area contributed by atoms with E-state index in [0.717, 1.165) is 11.3 Å². The third-order valence-corrected chi connectivity index (χ3v) is 10.5. The Hall–Kier alpha value is -2.74. The number of hydrogen-bond donors (Lipinski definition) is 0. The van der Waals surface area contributed by atoms with Crippen LogP contribution in [-0.2, 0) is 25.6 Å². The molecule has 2 aliphatic heterocycles. The van der Waals surface area contributed by atoms with Crippen LogP contribution in [0.1, 0.15) is 40.2 Å². The normalized spacial score (nSPS) is 25.9. The van der Waals surface area contributed by atoms with Gasteiger partial charge in [0, 0.05) is 0 Å². The van der Waals surface area contributed by atoms with E-state index in [4.69, 9.17) is 23.7 Å². The fourth-order valence-electron chi connectivity index (χ4n) is 5.53. The standard InChI is InChI=1S/C33H39O5Si/c1-7-33(29(34-22-24-15-10-8-11-16-24)28-30(38-33)37-32(5,6)36-28)23-35-25-17-14-20-27(21-25)39(31(2,3)4)26-18-12-9-13-19-26/h7-21,28-30H,1,22-23H2,2-6H3. The van der Waals surface area contributed by atoms with Crippen molar-refractivity contribution in [2.75, 3.05) is 6.61 Å². The van der Waals surface area contributed by atoms with Crippen LogP contribution in [-0.4, -0.2) is 45.3 Å². The summed E-state index contributed by atoms with van der Waals surface area (Å²) in [5.41, 5.74) is 0.136. The Morgan fingerprint density at radius 1 is 0.872 bits per heavy atom. The van der Waals surface area contributed by atoms with E-state index < -0.39 is 38.7 Å². The number of rotatable bonds is 9. The van der Waals surface area contributed by atoms with Crippen LogP contribution in [0.2, 0.25) is 5.04 Å². The van der Waals surface area contributed by atoms with Crippen LogP contribution in [0.15, 0.2) is 97.6 Å². The highest BCUT2D eigenvalue weighted by molar-refractivity contribution is 6.87. The molecule has 4 unspecified atom stereocenters. The second kappa shape index (κ2) is 11.0. The molecule has 0 aliphatic carbocycles. The summed E-state index contributed by atoms with van der Waals surface area (Å²) >= 11 is 0. The zero-order valence-corrected chi connectivity index (χ0v) is 24.6. The molecule has 2 fully saturated rings. The molecule has 0 amide bonds. The van der Waals surface area contributed by atoms with Crippen molar-refractivity contribution in [3.05, 3.63) is 103 Å². The maximum Gasteiger partial charge on any atom is 0.191 e. The predicted molar refractivity (Wildman–Crippen MR) is 156 cm³/mol. The summed E-state index contributed by atoms with van der Waals surface area (Å²) in [4.78, 5) is 0. The average Bonchev–Trinajstić information content (AvgIpc) is 3.35. The van der Waals surface area contributed by atoms with Gasteiger partial charge in [0.15, 0.2) is 17.7 Å². The summed E-state index contributed by atoms with van der Waals surface area (Å²) in [6.45, 7) is 15.5. The minimum Gasteiger partial charge on any atom is -0.490 e. The number of hydrogen-bond acceptors (Lipinski definition) is 5. The van der Waals surface area contributed by atoms with Crippen LogP contribution in [0.4, 0.5) is 0 Å². The third kappa shape index (κ3) is 6.05. The first kappa shape index (κ1) is 27.8. The lowest BCUT2D eigenvalue weighted by Crippen LogP contribution is -2.50. The molecule has 39 heavy (non-hydrogen) atoms. The number of ether oxygens (including phenoxy) is 5. The molecule has 205 valence electrons. The van der Waals surface area contributed by atoms with Gasteiger partial charge in [0.25, 0.3) is 0 Å². The Bertz CT molecular complexity index is 1260. The van der Waals surface area contributed by atoms with Crippen molar-refractivity contribution in [1.29, 1.82) is 0 Å². The summed E-state index contributed by atoms with van der Waals surface area (Å²) in [6.07, 6.45) is 0.357. The fourth-order valence-corrected chi connectivity index (χ4v) is 8.67. The van der Waals surface area contributed by atoms with Gasteiger partial charge in [-0.05, 0) is 36.6 Å². The Balaban J connectivity index is 1.38. The van der Waals surface area contributed by atoms with E-state index in [1.54, 1.807) is 6.08 Å². The van der Waals surface area contributed by atoms with Gasteiger partial charge in [-0.3, -0.25) is 0 Å². The summed E-state index contributed by atoms with van der Waals surface area (Å²) in [7, 11) is -1.06. The van der Waals surface area contributed by atoms with Crippen molar-refractivity contribution in [2.45, 2.75) is 76.1 Å². The molecule has 3 aromatic rings. The minimum absolute atomic E-state index is 0.122. The lowest BCUT2D eigenvalue weighted by Gasteiger charge is -2.34. The first-order valence-corrected chi connectivity index (χ1v) is 15.1. The summed E-state index contributed by atoms with van der Waals surface area (Å²) in [5, 5.41) is 2.81. The quantitative estimate of drug-likeness (QED) is 0.264. The van der Waals surface area contributed by atoms with E-state index >= 15 is 0 Å². The Morgan fingerprint density at radius 2 is 1.54 bits per heavy atom. The van der Waals surface area contributed by atoms with Gasteiger partial charge in [-0.25, -0.2) is 0 Å². The predicted octanol–water partition coefficient (Wildman–Crippen LogP) is 5.49. The Morgan fingerprint density at radius 3 is 2.21 bits per heavy atom. The van der Waals surface area contributed by atoms with Crippen molar-refractivity contribution < 1.29 is 23.7 Å². The van der Waals surface area contributed by atoms with E-state index in [1.165, 1.54) is 10.4 Å². The van der Waals surface area contributed by atoms with Crippen molar-refractivity contribution in [1.82, 2.24) is 0 Å². The Kier molecular flexibility index (Phi) is 7.86. The number of fused-ring (bicyclic) bond motifs is 1. The molecule has 0 saturated carbocycles. The molecule has 1 radical (unpaired) electrons. The topological polar surface area (TPSA) is 46.2 Å². The van der Waals surface area contributed by atoms with Crippen molar-refractivity contribution in [3.8, 4) is 5.75 Å². The van der Waals surface area contributed by atoms with Gasteiger partial charge in [0.1, 0.15) is 33.4 Å². The van der Waals surface area contributed by atoms with Gasteiger partial charge in [-0.2, -0.15) is 0 Å². The molecule has 5 nitrogen and oxygen atoms in total. The second-order valence-electron chi connectivity index (χ2n) is 11.8. The fraction of sp³-hybridized carbons (Fsp3) is 0.394. The largest absolute Gasteiger partial charge is 0.490 e. The van der Waals surface area contributed by atoms with E-state index in [-0.39, 0.29) is 11.6 Å². The molecule has 4 atom stereocenters. The van der Waals surface area contributed by atoms with Gasteiger partial charge in [-0.1, -0.05) is 117 Å². The molecule has 6 heteroatoms. The SMILES string of the molecule is C=CC1(COc2cccc([Si](c3ccccc3)C(C)(C)C)c2)OC2OC(C)(C)OC2C1OCc1ccccc1. The summed E-state index contributed by atoms with van der Waals surface area (Å²) in [5.74, 6) is 0.0377. The molecular weight excluding hydrogens is 504 g/mol. The van der Waals surface area contributed by atoms with Crippen molar-refractivity contribution >= 4 is 19.2 Å². The monoisotopic (exact) mass is 543 g/mol. The van der Waals surface area contributed by atoms with Gasteiger partial charge in [0.2, 0.25) is 0 Å². The van der Waals surface area contributed by atoms with E-state index in [1.807, 2.05) is 50.2 Å². The molecule has 3 aromatic carbocycles. The highest BCUT2D eigenvalue weighted by atomic mass is 28.3. The highest BCUT2D eigenvalue weighted by Crippen LogP contribution is 2.45. The number of benzene rings is 3. The molecule has 0 bridgehead atoms. The summed E-state index contributed by atoms with van der Waals surface area (Å²) < 4.78 is 31.7. The summed E-state index contributed by atoms with van der Waals surface area (Å²) in [6, 6.07) is 29.3. The van der Waals surface area contributed by atoms with Crippen LogP contribution < -0.4 is 15.1 Å². The van der Waals surface area contributed by atoms with E-state index in [2.05, 4.69) is 75.9 Å². The highest BCUT2D eigenvalue weighted by Gasteiger charge is 2.62. The van der Waals surface area contributed by atoms with Crippen LogP contribution >= 0.6 is 0 Å². The van der Waals surface area contributed by atoms with Gasteiger partial charge in [-0.15, -0.1) is 0 Å². The lowest BCUT2D eigenvalue weighted by atomic mass is 9.95. The third-order valence-electron chi connectivity index (χ3n) is 7.22. The Labute approximate surface area is 234 Å². The van der Waals surface area contributed by atoms with Crippen molar-refractivity contribution in [2.24, 2.45) is 0 Å². The van der Waals surface area contributed by atoms with E-state index in [9.17, 15) is 0 Å². The van der Waals surface area contributed by atoms with Gasteiger partial charge < -0.3 is 23.7 Å². The molecule has 0 aromatic heterocycles. The molecule has 2 aliphatic rings. The van der Waals surface area contributed by atoms with Crippen LogP contribution in [0.25, 0.3) is 0 Å². The van der Waals surface area contributed by atoms with Crippen LogP contribution in [0, 0.1) is 0 Å². The van der Waals surface area contributed by atoms with Crippen molar-refractivity contribution in [3.63, 3.8) is 0 Å². The average molecular weight is 544 g/mol. The molecule has 5 rings (SSSR count). The molecular formula is C33H39O5Si. The minimum atomic E-state index is -1.06. The zero-order chi connectivity index (χ0) is 27.7. The first-order chi connectivity index (χ1) is 18.6. The molecule has 2 saturated heterocycles. The zero-order valence-electron chi connectivity index (χ0n) is 23.6. The van der Waals surface area contributed by atoms with Crippen LogP contribution in [0.3, 0.4) is 0 Å². The smallest absolute Gasteiger partial charge is 0.191 e. The maximum atomic E-state index is 6.48. The first-order valence-electron chi connectivity index (χ1n) is 13.6. The van der Waals surface area contributed by atoms with E-state index in [0.29, 0.717) is 6.61 Å². The van der Waals surface area contributed by atoms with Gasteiger partial charge in [0.05, 0.1) is 6.61 Å². The van der Waals surface area contributed by atoms with Crippen LogP contribution in [0.5, 0.6) is 5.75 Å².